The molecule has 1 atom stereocenters. The number of rotatable bonds is 4. The molecule has 21 heavy (non-hydrogen) atoms. The number of hydrogen-bond acceptors (Lipinski definition) is 3. The fraction of sp³-hybridized carbons (Fsp3) is 0.588. The van der Waals surface area contributed by atoms with Crippen molar-refractivity contribution in [2.45, 2.75) is 50.6 Å². The summed E-state index contributed by atoms with van der Waals surface area (Å²) in [6.07, 6.45) is 7.34. The molecular formula is C17H24N2O2. The van der Waals surface area contributed by atoms with Crippen LogP contribution in [0.25, 0.3) is 0 Å². The third-order valence-electron chi connectivity index (χ3n) is 4.43. The van der Waals surface area contributed by atoms with Gasteiger partial charge in [-0.05, 0) is 18.9 Å². The Labute approximate surface area is 126 Å². The quantitative estimate of drug-likeness (QED) is 0.837. The van der Waals surface area contributed by atoms with Crippen LogP contribution in [0.1, 0.15) is 50.1 Å². The van der Waals surface area contributed by atoms with Gasteiger partial charge in [-0.1, -0.05) is 43.9 Å². The van der Waals surface area contributed by atoms with Crippen LogP contribution in [0.2, 0.25) is 0 Å². The van der Waals surface area contributed by atoms with Crippen LogP contribution in [-0.4, -0.2) is 25.1 Å². The molecule has 1 heterocycles. The van der Waals surface area contributed by atoms with Crippen LogP contribution >= 0.6 is 0 Å². The Kier molecular flexibility index (Phi) is 4.76. The number of para-hydroxylation sites is 1. The molecule has 0 spiro atoms. The lowest BCUT2D eigenvalue weighted by atomic mass is 10.1. The molecule has 0 radical (unpaired) electrons. The van der Waals surface area contributed by atoms with E-state index in [4.69, 9.17) is 4.74 Å². The summed E-state index contributed by atoms with van der Waals surface area (Å²) in [6, 6.07) is 8.51. The maximum atomic E-state index is 12.1. The van der Waals surface area contributed by atoms with Crippen molar-refractivity contribution in [3.63, 3.8) is 0 Å². The molecule has 0 saturated heterocycles. The molecule has 2 aliphatic rings. The Morgan fingerprint density at radius 1 is 1.14 bits per heavy atom. The van der Waals surface area contributed by atoms with Gasteiger partial charge in [0.1, 0.15) is 12.4 Å². The molecule has 4 heteroatoms. The van der Waals surface area contributed by atoms with Crippen molar-refractivity contribution < 1.29 is 9.53 Å². The van der Waals surface area contributed by atoms with E-state index in [1.807, 2.05) is 18.2 Å². The predicted octanol–water partition coefficient (Wildman–Crippen LogP) is 2.55. The fourth-order valence-electron chi connectivity index (χ4n) is 3.25. The Morgan fingerprint density at radius 3 is 2.71 bits per heavy atom. The topological polar surface area (TPSA) is 50.4 Å². The summed E-state index contributed by atoms with van der Waals surface area (Å²) in [5.74, 6) is 1.03. The van der Waals surface area contributed by atoms with E-state index in [0.29, 0.717) is 19.2 Å². The lowest BCUT2D eigenvalue weighted by molar-refractivity contribution is -0.121. The second-order valence-corrected chi connectivity index (χ2v) is 6.04. The van der Waals surface area contributed by atoms with Crippen LogP contribution < -0.4 is 15.4 Å². The van der Waals surface area contributed by atoms with Crippen molar-refractivity contribution in [1.82, 2.24) is 10.6 Å². The number of carbonyl (C=O) groups is 1. The molecule has 1 aliphatic carbocycles. The van der Waals surface area contributed by atoms with Gasteiger partial charge in [-0.2, -0.15) is 0 Å². The Bertz CT molecular complexity index is 481. The van der Waals surface area contributed by atoms with Crippen LogP contribution in [0.4, 0.5) is 0 Å². The van der Waals surface area contributed by atoms with E-state index in [1.54, 1.807) is 0 Å². The van der Waals surface area contributed by atoms with E-state index in [1.165, 1.54) is 25.7 Å². The SMILES string of the molecule is O=C(CNC1COc2ccccc21)NC1CCCCCC1. The van der Waals surface area contributed by atoms with E-state index < -0.39 is 0 Å². The molecule has 0 aromatic heterocycles. The molecular weight excluding hydrogens is 264 g/mol. The van der Waals surface area contributed by atoms with Crippen molar-refractivity contribution in [1.29, 1.82) is 0 Å². The van der Waals surface area contributed by atoms with Gasteiger partial charge in [0.25, 0.3) is 0 Å². The first-order chi connectivity index (χ1) is 10.3. The summed E-state index contributed by atoms with van der Waals surface area (Å²) in [7, 11) is 0. The van der Waals surface area contributed by atoms with E-state index in [2.05, 4.69) is 16.7 Å². The highest BCUT2D eigenvalue weighted by Crippen LogP contribution is 2.31. The molecule has 1 aromatic rings. The second-order valence-electron chi connectivity index (χ2n) is 6.04. The molecule has 1 amide bonds. The standard InChI is InChI=1S/C17H24N2O2/c20-17(19-13-7-3-1-2-4-8-13)11-18-15-12-21-16-10-6-5-9-14(15)16/h5-6,9-10,13,15,18H,1-4,7-8,11-12H2,(H,19,20). The normalized spacial score (nSPS) is 22.2. The number of amides is 1. The molecule has 3 rings (SSSR count). The number of nitrogens with one attached hydrogen (secondary N) is 2. The largest absolute Gasteiger partial charge is 0.491 e. The highest BCUT2D eigenvalue weighted by molar-refractivity contribution is 5.78. The molecule has 4 nitrogen and oxygen atoms in total. The lowest BCUT2D eigenvalue weighted by Gasteiger charge is -2.17. The third-order valence-corrected chi connectivity index (χ3v) is 4.43. The van der Waals surface area contributed by atoms with Crippen molar-refractivity contribution in [2.24, 2.45) is 0 Å². The van der Waals surface area contributed by atoms with Gasteiger partial charge in [0.2, 0.25) is 5.91 Å². The molecule has 1 aliphatic heterocycles. The highest BCUT2D eigenvalue weighted by atomic mass is 16.5. The van der Waals surface area contributed by atoms with Crippen molar-refractivity contribution in [2.75, 3.05) is 13.2 Å². The summed E-state index contributed by atoms with van der Waals surface area (Å²) >= 11 is 0. The van der Waals surface area contributed by atoms with E-state index >= 15 is 0 Å². The predicted molar refractivity (Wildman–Crippen MR) is 82.3 cm³/mol. The fourth-order valence-corrected chi connectivity index (χ4v) is 3.25. The average Bonchev–Trinajstić information content (AvgIpc) is 2.74. The van der Waals surface area contributed by atoms with E-state index in [0.717, 1.165) is 24.2 Å². The number of fused-ring (bicyclic) bond motifs is 1. The maximum Gasteiger partial charge on any atom is 0.234 e. The third kappa shape index (κ3) is 3.76. The summed E-state index contributed by atoms with van der Waals surface area (Å²) in [5.41, 5.74) is 1.15. The van der Waals surface area contributed by atoms with Crippen LogP contribution in [0.3, 0.4) is 0 Å². The van der Waals surface area contributed by atoms with E-state index in [9.17, 15) is 4.79 Å². The minimum absolute atomic E-state index is 0.103. The van der Waals surface area contributed by atoms with Gasteiger partial charge in [-0.25, -0.2) is 0 Å². The molecule has 1 fully saturated rings. The number of carbonyl (C=O) groups excluding carboxylic acids is 1. The van der Waals surface area contributed by atoms with Crippen LogP contribution in [0.5, 0.6) is 5.75 Å². The zero-order chi connectivity index (χ0) is 14.5. The zero-order valence-corrected chi connectivity index (χ0v) is 12.4. The molecule has 2 N–H and O–H groups in total. The second kappa shape index (κ2) is 6.94. The molecule has 1 saturated carbocycles. The molecule has 1 aromatic carbocycles. The van der Waals surface area contributed by atoms with Gasteiger partial charge < -0.3 is 10.1 Å². The lowest BCUT2D eigenvalue weighted by Crippen LogP contribution is -2.41. The van der Waals surface area contributed by atoms with Crippen LogP contribution in [-0.2, 0) is 4.79 Å². The highest BCUT2D eigenvalue weighted by Gasteiger charge is 2.24. The van der Waals surface area contributed by atoms with E-state index in [-0.39, 0.29) is 11.9 Å². The summed E-state index contributed by atoms with van der Waals surface area (Å²) < 4.78 is 5.62. The number of hydrogen-bond donors (Lipinski definition) is 2. The van der Waals surface area contributed by atoms with Crippen LogP contribution in [0, 0.1) is 0 Å². The van der Waals surface area contributed by atoms with Crippen molar-refractivity contribution in [3.05, 3.63) is 29.8 Å². The summed E-state index contributed by atoms with van der Waals surface area (Å²) in [6.45, 7) is 0.967. The molecule has 1 unspecified atom stereocenters. The zero-order valence-electron chi connectivity index (χ0n) is 12.4. The summed E-state index contributed by atoms with van der Waals surface area (Å²) in [4.78, 5) is 12.1. The Balaban J connectivity index is 1.46. The van der Waals surface area contributed by atoms with Crippen molar-refractivity contribution in [3.8, 4) is 5.75 Å². The number of ether oxygens (including phenoxy) is 1. The summed E-state index contributed by atoms with van der Waals surface area (Å²) in [5, 5.41) is 6.47. The number of benzene rings is 1. The van der Waals surface area contributed by atoms with Gasteiger partial charge >= 0.3 is 0 Å². The molecule has 114 valence electrons. The first-order valence-corrected chi connectivity index (χ1v) is 8.07. The van der Waals surface area contributed by atoms with Gasteiger partial charge in [0.15, 0.2) is 0 Å². The smallest absolute Gasteiger partial charge is 0.234 e. The average molecular weight is 288 g/mol. The van der Waals surface area contributed by atoms with Crippen LogP contribution in [0.15, 0.2) is 24.3 Å². The monoisotopic (exact) mass is 288 g/mol. The Morgan fingerprint density at radius 2 is 1.90 bits per heavy atom. The minimum atomic E-state index is 0.103. The molecule has 0 bridgehead atoms. The van der Waals surface area contributed by atoms with Gasteiger partial charge in [0.05, 0.1) is 12.6 Å². The van der Waals surface area contributed by atoms with Gasteiger partial charge in [-0.15, -0.1) is 0 Å². The Hall–Kier alpha value is -1.55. The first kappa shape index (κ1) is 14.4. The van der Waals surface area contributed by atoms with Crippen molar-refractivity contribution >= 4 is 5.91 Å². The first-order valence-electron chi connectivity index (χ1n) is 8.07. The van der Waals surface area contributed by atoms with Gasteiger partial charge in [-0.3, -0.25) is 10.1 Å². The minimum Gasteiger partial charge on any atom is -0.491 e. The van der Waals surface area contributed by atoms with Gasteiger partial charge in [0, 0.05) is 11.6 Å². The maximum absolute atomic E-state index is 12.1.